The summed E-state index contributed by atoms with van der Waals surface area (Å²) in [5.74, 6) is 0.109. The van der Waals surface area contributed by atoms with Crippen molar-refractivity contribution in [2.24, 2.45) is 16.6 Å². The predicted molar refractivity (Wildman–Crippen MR) is 124 cm³/mol. The highest BCUT2D eigenvalue weighted by molar-refractivity contribution is 5.98. The van der Waals surface area contributed by atoms with Crippen LogP contribution in [-0.2, 0) is 16.2 Å². The van der Waals surface area contributed by atoms with Gasteiger partial charge in [0.2, 0.25) is 5.76 Å². The van der Waals surface area contributed by atoms with Gasteiger partial charge in [-0.05, 0) is 59.3 Å². The van der Waals surface area contributed by atoms with Gasteiger partial charge < -0.3 is 30.2 Å². The zero-order chi connectivity index (χ0) is 23.9. The fraction of sp³-hybridized carbons (Fsp3) is 0.0800. The van der Waals surface area contributed by atoms with E-state index in [1.165, 1.54) is 6.07 Å². The average Bonchev–Trinajstić information content (AvgIpc) is 3.34. The van der Waals surface area contributed by atoms with Crippen LogP contribution in [0.4, 0.5) is 0 Å². The van der Waals surface area contributed by atoms with Gasteiger partial charge in [0.1, 0.15) is 23.9 Å². The van der Waals surface area contributed by atoms with Crippen LogP contribution in [0.15, 0.2) is 88.4 Å². The average molecular weight is 459 g/mol. The number of amidine groups is 1. The zero-order valence-electron chi connectivity index (χ0n) is 18.0. The lowest BCUT2D eigenvalue weighted by molar-refractivity contribution is -0.119. The molecule has 0 spiro atoms. The number of furan rings is 1. The first-order chi connectivity index (χ1) is 16.5. The van der Waals surface area contributed by atoms with Crippen molar-refractivity contribution in [3.05, 3.63) is 95.9 Å². The van der Waals surface area contributed by atoms with E-state index in [9.17, 15) is 9.59 Å². The summed E-state index contributed by atoms with van der Waals surface area (Å²) in [7, 11) is 0. The van der Waals surface area contributed by atoms with Gasteiger partial charge in [-0.25, -0.2) is 4.79 Å². The number of amides is 1. The maximum absolute atomic E-state index is 12.2. The molecule has 0 unspecified atom stereocenters. The molecule has 172 valence electrons. The monoisotopic (exact) mass is 459 g/mol. The standard InChI is InChI=1S/C25H21N3O6/c26-23(29)15-32-19-8-6-17(7-9-19)24(27)28-34-25(30)22-12-11-21(33-22)14-31-20-10-5-16-3-1-2-4-18(16)13-20/h1-13H,14-15H2,(H2,26,29)(H2,27,28). The molecule has 0 fully saturated rings. The van der Waals surface area contributed by atoms with Crippen LogP contribution in [0.25, 0.3) is 10.8 Å². The van der Waals surface area contributed by atoms with Crippen molar-refractivity contribution < 1.29 is 28.3 Å². The molecule has 0 saturated carbocycles. The van der Waals surface area contributed by atoms with Gasteiger partial charge in [-0.3, -0.25) is 4.79 Å². The van der Waals surface area contributed by atoms with Gasteiger partial charge in [0, 0.05) is 5.56 Å². The third-order valence-corrected chi connectivity index (χ3v) is 4.72. The first kappa shape index (κ1) is 22.4. The molecule has 4 rings (SSSR count). The van der Waals surface area contributed by atoms with Crippen molar-refractivity contribution in [3.63, 3.8) is 0 Å². The fourth-order valence-electron chi connectivity index (χ4n) is 3.04. The third-order valence-electron chi connectivity index (χ3n) is 4.72. The van der Waals surface area contributed by atoms with Gasteiger partial charge in [0.15, 0.2) is 12.4 Å². The van der Waals surface area contributed by atoms with Crippen LogP contribution < -0.4 is 20.9 Å². The van der Waals surface area contributed by atoms with E-state index in [4.69, 9.17) is 30.2 Å². The van der Waals surface area contributed by atoms with Crippen molar-refractivity contribution in [3.8, 4) is 11.5 Å². The van der Waals surface area contributed by atoms with Crippen molar-refractivity contribution in [1.29, 1.82) is 0 Å². The number of hydrogen-bond acceptors (Lipinski definition) is 7. The molecule has 0 bridgehead atoms. The highest BCUT2D eigenvalue weighted by Crippen LogP contribution is 2.22. The molecule has 0 aliphatic rings. The molecule has 9 heteroatoms. The van der Waals surface area contributed by atoms with Gasteiger partial charge in [-0.15, -0.1) is 0 Å². The number of oxime groups is 1. The zero-order valence-corrected chi connectivity index (χ0v) is 18.0. The Kier molecular flexibility index (Phi) is 6.73. The third kappa shape index (κ3) is 5.71. The van der Waals surface area contributed by atoms with Crippen LogP contribution in [0.1, 0.15) is 21.9 Å². The molecule has 1 amide bonds. The number of nitrogens with two attached hydrogens (primary N) is 2. The maximum Gasteiger partial charge on any atom is 0.400 e. The summed E-state index contributed by atoms with van der Waals surface area (Å²) in [6.45, 7) is -0.0971. The number of ether oxygens (including phenoxy) is 2. The van der Waals surface area contributed by atoms with Crippen molar-refractivity contribution in [2.45, 2.75) is 6.61 Å². The van der Waals surface area contributed by atoms with E-state index in [2.05, 4.69) is 5.16 Å². The minimum Gasteiger partial charge on any atom is -0.486 e. The Hall–Kier alpha value is -4.79. The second kappa shape index (κ2) is 10.2. The molecule has 0 radical (unpaired) electrons. The Morgan fingerprint density at radius 3 is 2.32 bits per heavy atom. The highest BCUT2D eigenvalue weighted by Gasteiger charge is 2.14. The van der Waals surface area contributed by atoms with E-state index >= 15 is 0 Å². The van der Waals surface area contributed by atoms with Crippen LogP contribution in [0.3, 0.4) is 0 Å². The lowest BCUT2D eigenvalue weighted by atomic mass is 10.1. The minimum atomic E-state index is -0.804. The molecule has 9 nitrogen and oxygen atoms in total. The first-order valence-electron chi connectivity index (χ1n) is 10.2. The first-order valence-corrected chi connectivity index (χ1v) is 10.2. The minimum absolute atomic E-state index is 0.0266. The lowest BCUT2D eigenvalue weighted by Crippen LogP contribution is -2.20. The molecule has 0 aliphatic heterocycles. The van der Waals surface area contributed by atoms with Crippen molar-refractivity contribution >= 4 is 28.5 Å². The lowest BCUT2D eigenvalue weighted by Gasteiger charge is -2.06. The second-order valence-corrected chi connectivity index (χ2v) is 7.20. The number of carbonyl (C=O) groups excluding carboxylic acids is 2. The largest absolute Gasteiger partial charge is 0.486 e. The Morgan fingerprint density at radius 1 is 0.824 bits per heavy atom. The molecule has 1 aromatic heterocycles. The van der Waals surface area contributed by atoms with Gasteiger partial charge in [-0.1, -0.05) is 35.5 Å². The van der Waals surface area contributed by atoms with Gasteiger partial charge >= 0.3 is 5.97 Å². The smallest absolute Gasteiger partial charge is 0.400 e. The van der Waals surface area contributed by atoms with Gasteiger partial charge in [-0.2, -0.15) is 0 Å². The number of hydrogen-bond donors (Lipinski definition) is 2. The van der Waals surface area contributed by atoms with Crippen molar-refractivity contribution in [2.75, 3.05) is 6.61 Å². The van der Waals surface area contributed by atoms with E-state index < -0.39 is 11.9 Å². The second-order valence-electron chi connectivity index (χ2n) is 7.20. The Balaban J connectivity index is 1.31. The van der Waals surface area contributed by atoms with Crippen LogP contribution in [0.5, 0.6) is 11.5 Å². The van der Waals surface area contributed by atoms with Crippen LogP contribution in [-0.4, -0.2) is 24.3 Å². The van der Waals surface area contributed by atoms with E-state index in [0.717, 1.165) is 10.8 Å². The molecule has 0 saturated heterocycles. The van der Waals surface area contributed by atoms with Gasteiger partial charge in [0.25, 0.3) is 5.91 Å². The summed E-state index contributed by atoms with van der Waals surface area (Å²) < 4.78 is 16.4. The van der Waals surface area contributed by atoms with Crippen LogP contribution in [0, 0.1) is 0 Å². The number of benzene rings is 3. The molecule has 0 aliphatic carbocycles. The summed E-state index contributed by atoms with van der Waals surface area (Å²) in [4.78, 5) is 27.9. The molecule has 3 aromatic carbocycles. The molecular weight excluding hydrogens is 438 g/mol. The summed E-state index contributed by atoms with van der Waals surface area (Å²) in [6, 6.07) is 23.2. The topological polar surface area (TPSA) is 139 Å². The molecule has 34 heavy (non-hydrogen) atoms. The predicted octanol–water partition coefficient (Wildman–Crippen LogP) is 3.35. The molecule has 4 N–H and O–H groups in total. The number of primary amides is 1. The molecular formula is C25H21N3O6. The van der Waals surface area contributed by atoms with Gasteiger partial charge in [0.05, 0.1) is 0 Å². The summed E-state index contributed by atoms with van der Waals surface area (Å²) >= 11 is 0. The van der Waals surface area contributed by atoms with E-state index in [0.29, 0.717) is 22.8 Å². The summed E-state index contributed by atoms with van der Waals surface area (Å²) in [5, 5.41) is 5.82. The van der Waals surface area contributed by atoms with Crippen LogP contribution in [0.2, 0.25) is 0 Å². The summed E-state index contributed by atoms with van der Waals surface area (Å²) in [5.41, 5.74) is 11.4. The number of rotatable bonds is 9. The molecule has 1 heterocycles. The normalized spacial score (nSPS) is 11.2. The number of carbonyl (C=O) groups is 2. The summed E-state index contributed by atoms with van der Waals surface area (Å²) in [6.07, 6.45) is 0. The maximum atomic E-state index is 12.2. The van der Waals surface area contributed by atoms with E-state index in [-0.39, 0.29) is 24.8 Å². The Labute approximate surface area is 194 Å². The van der Waals surface area contributed by atoms with Crippen LogP contribution >= 0.6 is 0 Å². The SMILES string of the molecule is NC(=O)COc1ccc(/C(N)=N/OC(=O)c2ccc(COc3ccc4ccccc4c3)o2)cc1. The fourth-order valence-corrected chi connectivity index (χ4v) is 3.04. The van der Waals surface area contributed by atoms with Crippen molar-refractivity contribution in [1.82, 2.24) is 0 Å². The Bertz CT molecular complexity index is 1340. The Morgan fingerprint density at radius 2 is 1.56 bits per heavy atom. The highest BCUT2D eigenvalue weighted by atomic mass is 16.7. The number of fused-ring (bicyclic) bond motifs is 1. The van der Waals surface area contributed by atoms with E-state index in [1.54, 1.807) is 30.3 Å². The quantitative estimate of drug-likeness (QED) is 0.169. The van der Waals surface area contributed by atoms with E-state index in [1.807, 2.05) is 42.5 Å². The number of nitrogens with zero attached hydrogens (tertiary/aromatic N) is 1. The molecule has 0 atom stereocenters. The molecule has 4 aromatic rings.